The molecule has 26 heavy (non-hydrogen) atoms. The van der Waals surface area contributed by atoms with Crippen molar-refractivity contribution in [1.82, 2.24) is 10.3 Å². The molecule has 146 valence electrons. The average molecular weight is 376 g/mol. The van der Waals surface area contributed by atoms with Crippen molar-refractivity contribution in [1.29, 1.82) is 0 Å². The molecule has 2 rings (SSSR count). The number of anilines is 2. The van der Waals surface area contributed by atoms with E-state index in [2.05, 4.69) is 10.3 Å². The summed E-state index contributed by atoms with van der Waals surface area (Å²) < 4.78 is 48.5. The number of aromatic nitrogens is 1. The third-order valence-corrected chi connectivity index (χ3v) is 4.34. The minimum atomic E-state index is -4.19. The lowest BCUT2D eigenvalue weighted by Crippen LogP contribution is -2.40. The summed E-state index contributed by atoms with van der Waals surface area (Å²) in [5, 5.41) is 2.73. The van der Waals surface area contributed by atoms with Crippen LogP contribution in [-0.2, 0) is 4.74 Å². The van der Waals surface area contributed by atoms with E-state index in [4.69, 9.17) is 20.9 Å². The monoisotopic (exact) mass is 376 g/mol. The summed E-state index contributed by atoms with van der Waals surface area (Å²) in [4.78, 5) is 16.5. The van der Waals surface area contributed by atoms with Crippen molar-refractivity contribution in [3.05, 3.63) is 11.6 Å². The van der Waals surface area contributed by atoms with E-state index < -0.39 is 18.0 Å². The summed E-state index contributed by atoms with van der Waals surface area (Å²) in [5.41, 5.74) is 11.6. The zero-order valence-corrected chi connectivity index (χ0v) is 14.4. The fraction of sp³-hybridized carbons (Fsp3) is 0.625. The molecule has 0 saturated heterocycles. The maximum absolute atomic E-state index is 12.7. The Balaban J connectivity index is 2.03. The van der Waals surface area contributed by atoms with E-state index in [1.54, 1.807) is 0 Å². The molecule has 5 N–H and O–H groups in total. The van der Waals surface area contributed by atoms with Gasteiger partial charge < -0.3 is 26.3 Å². The third kappa shape index (κ3) is 5.13. The van der Waals surface area contributed by atoms with Crippen LogP contribution in [0.2, 0.25) is 0 Å². The molecule has 0 unspecified atom stereocenters. The van der Waals surface area contributed by atoms with Gasteiger partial charge in [-0.05, 0) is 31.7 Å². The fourth-order valence-corrected chi connectivity index (χ4v) is 2.85. The summed E-state index contributed by atoms with van der Waals surface area (Å²) in [6.45, 7) is 0.443. The van der Waals surface area contributed by atoms with Crippen molar-refractivity contribution in [3.63, 3.8) is 0 Å². The van der Waals surface area contributed by atoms with Gasteiger partial charge in [-0.1, -0.05) is 0 Å². The molecular formula is C16H23F3N4O3. The molecule has 10 heteroatoms. The van der Waals surface area contributed by atoms with Crippen LogP contribution in [0.1, 0.15) is 36.0 Å². The van der Waals surface area contributed by atoms with Crippen LogP contribution in [0.3, 0.4) is 0 Å². The highest BCUT2D eigenvalue weighted by Crippen LogP contribution is 2.37. The van der Waals surface area contributed by atoms with Crippen LogP contribution in [0.15, 0.2) is 6.07 Å². The number of nitrogens with two attached hydrogens (primary N) is 2. The van der Waals surface area contributed by atoms with Crippen LogP contribution >= 0.6 is 0 Å². The van der Waals surface area contributed by atoms with Crippen molar-refractivity contribution in [2.24, 2.45) is 5.92 Å². The minimum Gasteiger partial charge on any atom is -0.475 e. The fourth-order valence-electron chi connectivity index (χ4n) is 2.85. The van der Waals surface area contributed by atoms with Gasteiger partial charge in [0.2, 0.25) is 5.88 Å². The first-order valence-electron chi connectivity index (χ1n) is 8.27. The van der Waals surface area contributed by atoms with Crippen LogP contribution in [0.5, 0.6) is 5.88 Å². The molecule has 1 heterocycles. The number of nitrogens with zero attached hydrogens (tertiary/aromatic N) is 1. The Morgan fingerprint density at radius 3 is 2.50 bits per heavy atom. The van der Waals surface area contributed by atoms with Crippen LogP contribution in [0, 0.1) is 5.92 Å². The van der Waals surface area contributed by atoms with Gasteiger partial charge >= 0.3 is 6.18 Å². The Morgan fingerprint density at radius 2 is 1.92 bits per heavy atom. The number of alkyl halides is 3. The van der Waals surface area contributed by atoms with Gasteiger partial charge in [-0.15, -0.1) is 0 Å². The van der Waals surface area contributed by atoms with Gasteiger partial charge in [-0.3, -0.25) is 4.79 Å². The average Bonchev–Trinajstić information content (AvgIpc) is 2.57. The summed E-state index contributed by atoms with van der Waals surface area (Å²) in [6.07, 6.45) is -3.68. The largest absolute Gasteiger partial charge is 0.475 e. The molecule has 1 aromatic rings. The summed E-state index contributed by atoms with van der Waals surface area (Å²) in [6, 6.07) is 1.01. The highest BCUT2D eigenvalue weighted by molar-refractivity contribution is 5.98. The highest BCUT2D eigenvalue weighted by atomic mass is 19.4. The normalized spacial score (nSPS) is 20.6. The van der Waals surface area contributed by atoms with Crippen LogP contribution < -0.4 is 21.5 Å². The van der Waals surface area contributed by atoms with E-state index in [0.29, 0.717) is 0 Å². The van der Waals surface area contributed by atoms with E-state index in [-0.39, 0.29) is 67.9 Å². The number of hydrogen-bond acceptors (Lipinski definition) is 6. The molecule has 1 aliphatic carbocycles. The van der Waals surface area contributed by atoms with Gasteiger partial charge in [0.1, 0.15) is 12.2 Å². The van der Waals surface area contributed by atoms with Crippen molar-refractivity contribution in [3.8, 4) is 5.88 Å². The standard InChI is InChI=1S/C16H23F3N4O3/c1-25-6-7-26-15-11(8-12(20)13(21)23-15)14(24)22-10-4-2-9(3-5-10)16(17,18)19/h8-10H,2-7,20H2,1H3,(H2,21,23)(H,22,24)/t9-,10-. The number of hydrogen-bond donors (Lipinski definition) is 3. The van der Waals surface area contributed by atoms with Gasteiger partial charge in [-0.2, -0.15) is 18.2 Å². The molecule has 0 aromatic carbocycles. The molecule has 0 atom stereocenters. The molecule has 1 aromatic heterocycles. The molecule has 0 aliphatic heterocycles. The number of halogens is 3. The van der Waals surface area contributed by atoms with Crippen LogP contribution in [0.25, 0.3) is 0 Å². The lowest BCUT2D eigenvalue weighted by atomic mass is 9.85. The maximum atomic E-state index is 12.7. The number of ether oxygens (including phenoxy) is 2. The van der Waals surface area contributed by atoms with E-state index in [1.165, 1.54) is 13.2 Å². The second-order valence-corrected chi connectivity index (χ2v) is 6.22. The lowest BCUT2D eigenvalue weighted by molar-refractivity contribution is -0.182. The Hall–Kier alpha value is -2.23. The summed E-state index contributed by atoms with van der Waals surface area (Å²) >= 11 is 0. The molecule has 1 saturated carbocycles. The van der Waals surface area contributed by atoms with E-state index in [1.807, 2.05) is 0 Å². The second-order valence-electron chi connectivity index (χ2n) is 6.22. The number of carbonyl (C=O) groups is 1. The molecule has 1 amide bonds. The molecule has 7 nitrogen and oxygen atoms in total. The molecule has 0 spiro atoms. The van der Waals surface area contributed by atoms with Crippen molar-refractivity contribution in [2.75, 3.05) is 31.8 Å². The minimum absolute atomic E-state index is 0.00618. The number of methoxy groups -OCH3 is 1. The highest BCUT2D eigenvalue weighted by Gasteiger charge is 2.41. The number of carbonyl (C=O) groups excluding carboxylic acids is 1. The Kier molecular flexibility index (Phi) is 6.52. The Bertz CT molecular complexity index is 632. The van der Waals surface area contributed by atoms with Gasteiger partial charge in [0.25, 0.3) is 5.91 Å². The number of rotatable bonds is 6. The molecular weight excluding hydrogens is 353 g/mol. The van der Waals surface area contributed by atoms with Crippen LogP contribution in [0.4, 0.5) is 24.7 Å². The lowest BCUT2D eigenvalue weighted by Gasteiger charge is -2.30. The van der Waals surface area contributed by atoms with Crippen molar-refractivity contribution >= 4 is 17.4 Å². The zero-order chi connectivity index (χ0) is 19.3. The van der Waals surface area contributed by atoms with Crippen LogP contribution in [-0.4, -0.2) is 43.4 Å². The molecule has 1 aliphatic rings. The van der Waals surface area contributed by atoms with Crippen molar-refractivity contribution < 1.29 is 27.4 Å². The molecule has 1 fully saturated rings. The summed E-state index contributed by atoms with van der Waals surface area (Å²) in [5.74, 6) is -1.78. The number of amides is 1. The van der Waals surface area contributed by atoms with Gasteiger partial charge in [-0.25, -0.2) is 0 Å². The van der Waals surface area contributed by atoms with E-state index in [9.17, 15) is 18.0 Å². The maximum Gasteiger partial charge on any atom is 0.391 e. The van der Waals surface area contributed by atoms with E-state index in [0.717, 1.165) is 0 Å². The second kappa shape index (κ2) is 8.43. The van der Waals surface area contributed by atoms with Gasteiger partial charge in [0.15, 0.2) is 5.82 Å². The Morgan fingerprint density at radius 1 is 1.27 bits per heavy atom. The predicted molar refractivity (Wildman–Crippen MR) is 89.7 cm³/mol. The zero-order valence-electron chi connectivity index (χ0n) is 14.4. The van der Waals surface area contributed by atoms with E-state index >= 15 is 0 Å². The summed E-state index contributed by atoms with van der Waals surface area (Å²) in [7, 11) is 1.50. The first-order chi connectivity index (χ1) is 12.2. The third-order valence-electron chi connectivity index (χ3n) is 4.34. The smallest absolute Gasteiger partial charge is 0.391 e. The number of nitrogens with one attached hydrogen (secondary N) is 1. The number of pyridine rings is 1. The topological polar surface area (TPSA) is 112 Å². The molecule has 0 radical (unpaired) electrons. The van der Waals surface area contributed by atoms with Gasteiger partial charge in [0, 0.05) is 13.2 Å². The predicted octanol–water partition coefficient (Wildman–Crippen LogP) is 2.12. The number of nitrogen functional groups attached to an aromatic ring is 2. The first-order valence-corrected chi connectivity index (χ1v) is 8.27. The SMILES string of the molecule is COCCOc1nc(N)c(N)cc1C(=O)N[C@H]1CC[C@H](C(F)(F)F)CC1. The van der Waals surface area contributed by atoms with Gasteiger partial charge in [0.05, 0.1) is 18.2 Å². The molecule has 0 bridgehead atoms. The first kappa shape index (κ1) is 20.1. The Labute approximate surface area is 149 Å². The van der Waals surface area contributed by atoms with Crippen molar-refractivity contribution in [2.45, 2.75) is 37.9 Å². The quantitative estimate of drug-likeness (QED) is 0.656.